The number of hydrogen-bond acceptors (Lipinski definition) is 2. The number of allylic oxidation sites excluding steroid dienone is 1. The fraction of sp³-hybridized carbons (Fsp3) is 0.857. The van der Waals surface area contributed by atoms with Crippen molar-refractivity contribution >= 4 is 6.21 Å². The molecule has 2 nitrogen and oxygen atoms in total. The number of rotatable bonds is 18. The smallest absolute Gasteiger partial charge is 0.0273 e. The van der Waals surface area contributed by atoms with E-state index in [4.69, 9.17) is 11.1 Å². The van der Waals surface area contributed by atoms with Gasteiger partial charge in [0.1, 0.15) is 0 Å². The first-order valence-corrected chi connectivity index (χ1v) is 10.2. The summed E-state index contributed by atoms with van der Waals surface area (Å²) in [5, 5.41) is 6.99. The molecular formula is C21H42N2. The second-order valence-electron chi connectivity index (χ2n) is 6.92. The van der Waals surface area contributed by atoms with Gasteiger partial charge in [-0.3, -0.25) is 0 Å². The molecule has 0 aliphatic rings. The summed E-state index contributed by atoms with van der Waals surface area (Å²) >= 11 is 0. The molecule has 136 valence electrons. The Balaban J connectivity index is 3.09. The summed E-state index contributed by atoms with van der Waals surface area (Å²) in [6, 6.07) is 0.0409. The minimum Gasteiger partial charge on any atom is -0.324 e. The molecule has 0 fully saturated rings. The van der Waals surface area contributed by atoms with Gasteiger partial charge in [0.25, 0.3) is 0 Å². The average molecular weight is 323 g/mol. The van der Waals surface area contributed by atoms with Gasteiger partial charge in [-0.05, 0) is 19.1 Å². The molecule has 0 radical (unpaired) electrons. The minimum absolute atomic E-state index is 0.0409. The SMILES string of the molecule is CCCCCCCCCCCCCCCCC=CC(N)CC=N. The Morgan fingerprint density at radius 1 is 0.739 bits per heavy atom. The molecule has 0 rings (SSSR count). The van der Waals surface area contributed by atoms with Gasteiger partial charge in [-0.2, -0.15) is 0 Å². The summed E-state index contributed by atoms with van der Waals surface area (Å²) in [5.74, 6) is 0. The molecule has 0 spiro atoms. The summed E-state index contributed by atoms with van der Waals surface area (Å²) in [4.78, 5) is 0. The Hall–Kier alpha value is -0.630. The Bertz CT molecular complexity index is 261. The van der Waals surface area contributed by atoms with Crippen LogP contribution in [0.15, 0.2) is 12.2 Å². The molecule has 0 aliphatic heterocycles. The number of nitrogens with one attached hydrogen (secondary N) is 1. The summed E-state index contributed by atoms with van der Waals surface area (Å²) in [6.07, 6.45) is 27.2. The zero-order valence-corrected chi connectivity index (χ0v) is 15.7. The van der Waals surface area contributed by atoms with E-state index in [1.165, 1.54) is 96.1 Å². The lowest BCUT2D eigenvalue weighted by molar-refractivity contribution is 0.536. The maximum absolute atomic E-state index is 6.99. The van der Waals surface area contributed by atoms with Crippen molar-refractivity contribution in [1.29, 1.82) is 5.41 Å². The van der Waals surface area contributed by atoms with E-state index in [0.717, 1.165) is 6.42 Å². The molecule has 1 unspecified atom stereocenters. The van der Waals surface area contributed by atoms with Crippen molar-refractivity contribution in [3.05, 3.63) is 12.2 Å². The van der Waals surface area contributed by atoms with Crippen molar-refractivity contribution in [2.45, 2.75) is 116 Å². The highest BCUT2D eigenvalue weighted by atomic mass is 14.6. The van der Waals surface area contributed by atoms with E-state index in [2.05, 4.69) is 13.0 Å². The summed E-state index contributed by atoms with van der Waals surface area (Å²) < 4.78 is 0. The Kier molecular flexibility index (Phi) is 18.9. The Labute approximate surface area is 145 Å². The minimum atomic E-state index is 0.0409. The molecule has 0 bridgehead atoms. The lowest BCUT2D eigenvalue weighted by atomic mass is 10.0. The van der Waals surface area contributed by atoms with E-state index in [9.17, 15) is 0 Å². The third kappa shape index (κ3) is 19.3. The highest BCUT2D eigenvalue weighted by Gasteiger charge is 1.94. The maximum atomic E-state index is 6.99. The molecule has 0 amide bonds. The normalized spacial score (nSPS) is 12.8. The molecule has 0 saturated carbocycles. The van der Waals surface area contributed by atoms with Crippen molar-refractivity contribution < 1.29 is 0 Å². The molecule has 0 aromatic rings. The van der Waals surface area contributed by atoms with Gasteiger partial charge in [-0.1, -0.05) is 103 Å². The molecular weight excluding hydrogens is 280 g/mol. The number of hydrogen-bond donors (Lipinski definition) is 2. The summed E-state index contributed by atoms with van der Waals surface area (Å²) in [7, 11) is 0. The monoisotopic (exact) mass is 322 g/mol. The highest BCUT2D eigenvalue weighted by Crippen LogP contribution is 2.13. The van der Waals surface area contributed by atoms with Gasteiger partial charge >= 0.3 is 0 Å². The van der Waals surface area contributed by atoms with Crippen LogP contribution < -0.4 is 5.73 Å². The van der Waals surface area contributed by atoms with Gasteiger partial charge in [0.05, 0.1) is 0 Å². The van der Waals surface area contributed by atoms with Crippen LogP contribution in [0.1, 0.15) is 110 Å². The fourth-order valence-corrected chi connectivity index (χ4v) is 2.94. The van der Waals surface area contributed by atoms with Crippen LogP contribution in [-0.4, -0.2) is 12.3 Å². The van der Waals surface area contributed by atoms with Crippen LogP contribution in [-0.2, 0) is 0 Å². The Morgan fingerprint density at radius 2 is 1.17 bits per heavy atom. The first-order chi connectivity index (χ1) is 11.3. The lowest BCUT2D eigenvalue weighted by Gasteiger charge is -2.03. The van der Waals surface area contributed by atoms with Gasteiger partial charge in [0.15, 0.2) is 0 Å². The third-order valence-corrected chi connectivity index (χ3v) is 4.50. The van der Waals surface area contributed by atoms with Crippen LogP contribution in [0, 0.1) is 5.41 Å². The quantitative estimate of drug-likeness (QED) is 0.163. The van der Waals surface area contributed by atoms with Crippen LogP contribution in [0.5, 0.6) is 0 Å². The van der Waals surface area contributed by atoms with Crippen LogP contribution >= 0.6 is 0 Å². The third-order valence-electron chi connectivity index (χ3n) is 4.50. The van der Waals surface area contributed by atoms with Gasteiger partial charge < -0.3 is 11.1 Å². The van der Waals surface area contributed by atoms with Crippen LogP contribution in [0.2, 0.25) is 0 Å². The van der Waals surface area contributed by atoms with Gasteiger partial charge in [0, 0.05) is 12.5 Å². The van der Waals surface area contributed by atoms with E-state index in [0.29, 0.717) is 6.42 Å². The lowest BCUT2D eigenvalue weighted by Crippen LogP contribution is -2.16. The number of unbranched alkanes of at least 4 members (excludes halogenated alkanes) is 14. The van der Waals surface area contributed by atoms with Gasteiger partial charge in [-0.15, -0.1) is 0 Å². The maximum Gasteiger partial charge on any atom is 0.0273 e. The van der Waals surface area contributed by atoms with Crippen LogP contribution in [0.25, 0.3) is 0 Å². The van der Waals surface area contributed by atoms with E-state index < -0.39 is 0 Å². The zero-order chi connectivity index (χ0) is 17.0. The largest absolute Gasteiger partial charge is 0.324 e. The van der Waals surface area contributed by atoms with E-state index >= 15 is 0 Å². The summed E-state index contributed by atoms with van der Waals surface area (Å²) in [6.45, 7) is 2.28. The van der Waals surface area contributed by atoms with Crippen LogP contribution in [0.4, 0.5) is 0 Å². The van der Waals surface area contributed by atoms with Crippen molar-refractivity contribution in [3.8, 4) is 0 Å². The molecule has 3 N–H and O–H groups in total. The fourth-order valence-electron chi connectivity index (χ4n) is 2.94. The van der Waals surface area contributed by atoms with Crippen molar-refractivity contribution in [2.24, 2.45) is 5.73 Å². The molecule has 1 atom stereocenters. The second-order valence-corrected chi connectivity index (χ2v) is 6.92. The molecule has 23 heavy (non-hydrogen) atoms. The van der Waals surface area contributed by atoms with Gasteiger partial charge in [0.2, 0.25) is 0 Å². The van der Waals surface area contributed by atoms with E-state index in [-0.39, 0.29) is 6.04 Å². The van der Waals surface area contributed by atoms with E-state index in [1.807, 2.05) is 6.08 Å². The number of nitrogens with two attached hydrogens (primary N) is 1. The topological polar surface area (TPSA) is 49.9 Å². The zero-order valence-electron chi connectivity index (χ0n) is 15.7. The van der Waals surface area contributed by atoms with Gasteiger partial charge in [-0.25, -0.2) is 0 Å². The van der Waals surface area contributed by atoms with E-state index in [1.54, 1.807) is 0 Å². The van der Waals surface area contributed by atoms with Crippen molar-refractivity contribution in [1.82, 2.24) is 0 Å². The standard InChI is InChI=1S/C21H42N2/c1-2-3-4-5-6-7-8-9-10-11-12-13-14-15-16-17-18-21(23)19-20-22/h17-18,20-22H,2-16,19,23H2,1H3. The van der Waals surface area contributed by atoms with Crippen molar-refractivity contribution in [2.75, 3.05) is 0 Å². The van der Waals surface area contributed by atoms with Crippen molar-refractivity contribution in [3.63, 3.8) is 0 Å². The van der Waals surface area contributed by atoms with Crippen LogP contribution in [0.3, 0.4) is 0 Å². The molecule has 0 aromatic heterocycles. The first kappa shape index (κ1) is 22.4. The average Bonchev–Trinajstić information content (AvgIpc) is 2.54. The predicted molar refractivity (Wildman–Crippen MR) is 105 cm³/mol. The molecule has 2 heteroatoms. The second kappa shape index (κ2) is 19.4. The molecule has 0 aliphatic carbocycles. The Morgan fingerprint density at radius 3 is 1.61 bits per heavy atom. The molecule has 0 heterocycles. The predicted octanol–water partition coefficient (Wildman–Crippen LogP) is 6.78. The summed E-state index contributed by atoms with van der Waals surface area (Å²) in [5.41, 5.74) is 5.81. The first-order valence-electron chi connectivity index (χ1n) is 10.2. The molecule has 0 saturated heterocycles. The molecule has 0 aromatic carbocycles. The highest BCUT2D eigenvalue weighted by molar-refractivity contribution is 5.54.